The number of rotatable bonds is 3. The molecule has 0 aromatic rings. The molecule has 2 aliphatic rings. The van der Waals surface area contributed by atoms with Crippen molar-refractivity contribution in [1.29, 1.82) is 0 Å². The van der Waals surface area contributed by atoms with Gasteiger partial charge in [-0.15, -0.1) is 0 Å². The quantitative estimate of drug-likeness (QED) is 0.741. The van der Waals surface area contributed by atoms with E-state index in [4.69, 9.17) is 10.5 Å². The largest absolute Gasteiger partial charge is 0.375 e. The average molecular weight is 212 g/mol. The summed E-state index contributed by atoms with van der Waals surface area (Å²) in [5.74, 6) is -0.190. The normalized spacial score (nSPS) is 33.7. The molecule has 2 N–H and O–H groups in total. The Morgan fingerprint density at radius 3 is 3.07 bits per heavy atom. The lowest BCUT2D eigenvalue weighted by Gasteiger charge is -2.41. The van der Waals surface area contributed by atoms with Crippen molar-refractivity contribution in [2.45, 2.75) is 50.8 Å². The summed E-state index contributed by atoms with van der Waals surface area (Å²) in [6.45, 7) is 3.61. The fraction of sp³-hybridized carbons (Fsp3) is 0.909. The fourth-order valence-electron chi connectivity index (χ4n) is 2.94. The van der Waals surface area contributed by atoms with Crippen molar-refractivity contribution >= 4 is 5.91 Å². The lowest BCUT2D eigenvalue weighted by Crippen LogP contribution is -2.56. The van der Waals surface area contributed by atoms with E-state index < -0.39 is 0 Å². The zero-order chi connectivity index (χ0) is 10.8. The summed E-state index contributed by atoms with van der Waals surface area (Å²) in [7, 11) is 0. The number of carbonyl (C=O) groups excluding carboxylic acids is 1. The van der Waals surface area contributed by atoms with Gasteiger partial charge in [0.1, 0.15) is 0 Å². The number of nitrogens with two attached hydrogens (primary N) is 1. The van der Waals surface area contributed by atoms with Crippen LogP contribution in [0, 0.1) is 0 Å². The minimum atomic E-state index is -0.190. The molecule has 1 saturated heterocycles. The van der Waals surface area contributed by atoms with Crippen LogP contribution in [-0.2, 0) is 9.53 Å². The molecule has 0 bridgehead atoms. The first-order valence-corrected chi connectivity index (χ1v) is 5.90. The molecule has 4 heteroatoms. The van der Waals surface area contributed by atoms with Crippen molar-refractivity contribution in [3.63, 3.8) is 0 Å². The van der Waals surface area contributed by atoms with Crippen molar-refractivity contribution in [3.8, 4) is 0 Å². The molecule has 1 aliphatic heterocycles. The third-order valence-corrected chi connectivity index (χ3v) is 3.64. The minimum absolute atomic E-state index is 0.0977. The number of hydrogen-bond donors (Lipinski definition) is 1. The average Bonchev–Trinajstić information content (AvgIpc) is 2.66. The number of ether oxygens (including phenoxy) is 1. The zero-order valence-electron chi connectivity index (χ0n) is 9.32. The van der Waals surface area contributed by atoms with Crippen LogP contribution in [0.15, 0.2) is 0 Å². The molecule has 15 heavy (non-hydrogen) atoms. The Balaban J connectivity index is 2.09. The molecule has 2 fully saturated rings. The van der Waals surface area contributed by atoms with Crippen molar-refractivity contribution in [2.24, 2.45) is 5.73 Å². The SMILES string of the molecule is CCC(C(N)=O)N1CCOC2CCCC21. The standard InChI is InChI=1S/C11H20N2O2/c1-2-8(11(12)14)13-6-7-15-10-5-3-4-9(10)13/h8-10H,2-7H2,1H3,(H2,12,14). The number of hydrogen-bond acceptors (Lipinski definition) is 3. The summed E-state index contributed by atoms with van der Waals surface area (Å²) in [5.41, 5.74) is 5.44. The van der Waals surface area contributed by atoms with Gasteiger partial charge < -0.3 is 10.5 Å². The first-order valence-electron chi connectivity index (χ1n) is 5.90. The van der Waals surface area contributed by atoms with Crippen LogP contribution in [0.25, 0.3) is 0 Å². The van der Waals surface area contributed by atoms with E-state index in [2.05, 4.69) is 4.90 Å². The molecule has 0 aromatic carbocycles. The van der Waals surface area contributed by atoms with E-state index in [1.807, 2.05) is 6.92 Å². The fourth-order valence-corrected chi connectivity index (χ4v) is 2.94. The lowest BCUT2D eigenvalue weighted by molar-refractivity contribution is -0.130. The maximum Gasteiger partial charge on any atom is 0.234 e. The van der Waals surface area contributed by atoms with Crippen LogP contribution in [0.3, 0.4) is 0 Å². The second-order valence-electron chi connectivity index (χ2n) is 4.47. The summed E-state index contributed by atoms with van der Waals surface area (Å²) in [6, 6.07) is 0.329. The maximum absolute atomic E-state index is 11.4. The van der Waals surface area contributed by atoms with Crippen molar-refractivity contribution in [1.82, 2.24) is 4.90 Å². The van der Waals surface area contributed by atoms with Gasteiger partial charge in [0, 0.05) is 12.6 Å². The Kier molecular flexibility index (Phi) is 3.26. The van der Waals surface area contributed by atoms with E-state index in [1.165, 1.54) is 6.42 Å². The summed E-state index contributed by atoms with van der Waals surface area (Å²) < 4.78 is 5.71. The predicted octanol–water partition coefficient (Wildman–Crippen LogP) is 0.504. The lowest BCUT2D eigenvalue weighted by atomic mass is 10.1. The van der Waals surface area contributed by atoms with Crippen LogP contribution < -0.4 is 5.73 Å². The molecule has 1 saturated carbocycles. The highest BCUT2D eigenvalue weighted by Gasteiger charge is 2.39. The number of fused-ring (bicyclic) bond motifs is 1. The van der Waals surface area contributed by atoms with Crippen molar-refractivity contribution in [3.05, 3.63) is 0 Å². The first-order chi connectivity index (χ1) is 7.24. The predicted molar refractivity (Wildman–Crippen MR) is 57.4 cm³/mol. The van der Waals surface area contributed by atoms with Crippen LogP contribution in [0.1, 0.15) is 32.6 Å². The number of primary amides is 1. The van der Waals surface area contributed by atoms with Crippen molar-refractivity contribution in [2.75, 3.05) is 13.2 Å². The summed E-state index contributed by atoms with van der Waals surface area (Å²) >= 11 is 0. The highest BCUT2D eigenvalue weighted by Crippen LogP contribution is 2.31. The van der Waals surface area contributed by atoms with E-state index in [9.17, 15) is 4.79 Å². The third-order valence-electron chi connectivity index (χ3n) is 3.64. The first kappa shape index (κ1) is 10.9. The van der Waals surface area contributed by atoms with Gasteiger partial charge in [0.15, 0.2) is 0 Å². The Labute approximate surface area is 90.8 Å². The van der Waals surface area contributed by atoms with E-state index in [1.54, 1.807) is 0 Å². The Bertz CT molecular complexity index is 245. The van der Waals surface area contributed by atoms with Crippen LogP contribution >= 0.6 is 0 Å². The molecule has 0 spiro atoms. The molecule has 0 aromatic heterocycles. The molecule has 1 heterocycles. The minimum Gasteiger partial charge on any atom is -0.375 e. The molecular weight excluding hydrogens is 192 g/mol. The monoisotopic (exact) mass is 212 g/mol. The molecule has 0 radical (unpaired) electrons. The van der Waals surface area contributed by atoms with E-state index in [0.717, 1.165) is 32.4 Å². The maximum atomic E-state index is 11.4. The van der Waals surface area contributed by atoms with Gasteiger partial charge in [-0.05, 0) is 25.7 Å². The number of morpholine rings is 1. The van der Waals surface area contributed by atoms with Gasteiger partial charge >= 0.3 is 0 Å². The summed E-state index contributed by atoms with van der Waals surface area (Å²) in [6.07, 6.45) is 4.64. The van der Waals surface area contributed by atoms with Gasteiger partial charge in [-0.1, -0.05) is 6.92 Å². The Morgan fingerprint density at radius 1 is 1.60 bits per heavy atom. The highest BCUT2D eigenvalue weighted by molar-refractivity contribution is 5.79. The topological polar surface area (TPSA) is 55.6 Å². The van der Waals surface area contributed by atoms with E-state index >= 15 is 0 Å². The van der Waals surface area contributed by atoms with Crippen LogP contribution in [-0.4, -0.2) is 42.1 Å². The second-order valence-corrected chi connectivity index (χ2v) is 4.47. The van der Waals surface area contributed by atoms with Gasteiger partial charge in [-0.3, -0.25) is 9.69 Å². The molecule has 1 amide bonds. The van der Waals surface area contributed by atoms with E-state index in [-0.39, 0.29) is 11.9 Å². The van der Waals surface area contributed by atoms with Gasteiger partial charge in [-0.25, -0.2) is 0 Å². The Hall–Kier alpha value is -0.610. The molecule has 3 unspecified atom stereocenters. The van der Waals surface area contributed by atoms with Crippen molar-refractivity contribution < 1.29 is 9.53 Å². The molecule has 2 rings (SSSR count). The van der Waals surface area contributed by atoms with Crippen LogP contribution in [0.5, 0.6) is 0 Å². The van der Waals surface area contributed by atoms with Gasteiger partial charge in [0.05, 0.1) is 18.8 Å². The highest BCUT2D eigenvalue weighted by atomic mass is 16.5. The number of nitrogens with zero attached hydrogens (tertiary/aromatic N) is 1. The molecule has 3 atom stereocenters. The number of carbonyl (C=O) groups is 1. The second kappa shape index (κ2) is 4.49. The summed E-state index contributed by atoms with van der Waals surface area (Å²) in [4.78, 5) is 13.6. The van der Waals surface area contributed by atoms with Crippen LogP contribution in [0.2, 0.25) is 0 Å². The molecule has 4 nitrogen and oxygen atoms in total. The van der Waals surface area contributed by atoms with Gasteiger partial charge in [-0.2, -0.15) is 0 Å². The van der Waals surface area contributed by atoms with Crippen LogP contribution in [0.4, 0.5) is 0 Å². The molecule has 1 aliphatic carbocycles. The Morgan fingerprint density at radius 2 is 2.40 bits per heavy atom. The smallest absolute Gasteiger partial charge is 0.234 e. The van der Waals surface area contributed by atoms with E-state index in [0.29, 0.717) is 12.1 Å². The van der Waals surface area contributed by atoms with Gasteiger partial charge in [0.25, 0.3) is 0 Å². The molecular formula is C11H20N2O2. The zero-order valence-corrected chi connectivity index (χ0v) is 9.32. The molecule has 86 valence electrons. The summed E-state index contributed by atoms with van der Waals surface area (Å²) in [5, 5.41) is 0. The number of amides is 1. The van der Waals surface area contributed by atoms with Gasteiger partial charge in [0.2, 0.25) is 5.91 Å². The third kappa shape index (κ3) is 2.01.